The molecule has 10 atom stereocenters. The van der Waals surface area contributed by atoms with Crippen LogP contribution in [0, 0.1) is 41.4 Å². The molecule has 9 nitrogen and oxygen atoms in total. The van der Waals surface area contributed by atoms with Gasteiger partial charge < -0.3 is 36.3 Å². The highest BCUT2D eigenvalue weighted by Gasteiger charge is 2.55. The van der Waals surface area contributed by atoms with E-state index in [4.69, 9.17) is 10.7 Å². The van der Waals surface area contributed by atoms with Crippen LogP contribution in [0.3, 0.4) is 0 Å². The number of nitrogens with two attached hydrogens (primary N) is 1. The highest BCUT2D eigenvalue weighted by Crippen LogP contribution is 2.54. The van der Waals surface area contributed by atoms with Gasteiger partial charge in [0.1, 0.15) is 11.6 Å². The van der Waals surface area contributed by atoms with Crippen LogP contribution in [-0.2, 0) is 24.1 Å². The fourth-order valence-electron chi connectivity index (χ4n) is 9.94. The molecule has 0 bridgehead atoms. The predicted molar refractivity (Wildman–Crippen MR) is 215 cm³/mol. The van der Waals surface area contributed by atoms with Gasteiger partial charge in [-0.05, 0) is 111 Å². The van der Waals surface area contributed by atoms with E-state index in [0.29, 0.717) is 37.4 Å². The van der Waals surface area contributed by atoms with Gasteiger partial charge in [0, 0.05) is 24.0 Å². The Morgan fingerprint density at radius 3 is 2.49 bits per heavy atom. The Morgan fingerprint density at radius 2 is 1.75 bits per heavy atom. The molecule has 1 fully saturated rings. The molecule has 3 aliphatic rings. The van der Waals surface area contributed by atoms with Gasteiger partial charge in [0.2, 0.25) is 0 Å². The molecule has 1 aromatic carbocycles. The number of phenolic OH excluding ortho intramolecular Hbond substituents is 1. The molecule has 6 rings (SSSR count). The van der Waals surface area contributed by atoms with Crippen molar-refractivity contribution in [1.29, 1.82) is 0 Å². The molecule has 1 saturated carbocycles. The number of nitrogen functional groups attached to an aromatic ring is 1. The first-order chi connectivity index (χ1) is 26.5. The van der Waals surface area contributed by atoms with Crippen LogP contribution in [-0.4, -0.2) is 54.3 Å². The minimum Gasteiger partial charge on any atom is -0.667 e. The van der Waals surface area contributed by atoms with Crippen molar-refractivity contribution < 1.29 is 30.3 Å². The molecule has 55 heavy (non-hydrogen) atoms. The van der Waals surface area contributed by atoms with E-state index < -0.39 is 29.5 Å². The second kappa shape index (κ2) is 18.8. The van der Waals surface area contributed by atoms with Crippen LogP contribution in [0.2, 0.25) is 0 Å². The second-order valence-corrected chi connectivity index (χ2v) is 17.0. The van der Waals surface area contributed by atoms with Crippen LogP contribution in [0.1, 0.15) is 106 Å². The summed E-state index contributed by atoms with van der Waals surface area (Å²) in [5, 5.41) is 55.1. The lowest BCUT2D eigenvalue weighted by Crippen LogP contribution is -2.48. The standard InChI is InChI=1S/C46H62N3O6/c1-2-3-5-8-30-11-14-34(42(51)24-30)9-6-4-7-10-40(45(53)54)44(52)35-15-18-41-36(22-32-19-20-48-43(47)25-32)26-37(46(41,55)28-35)27-38-23-33(29-49-38)21-31-12-16-39(50)17-13-31/h11-20,23,25,29-30,34-37,40-42,44,50-52,55H,2-10,21-22,24,26-28H2,1H3,(H2,47,48)(H,53,54)/q-1. The van der Waals surface area contributed by atoms with Gasteiger partial charge in [-0.2, -0.15) is 11.9 Å². The Balaban J connectivity index is 1.09. The Morgan fingerprint density at radius 1 is 0.945 bits per heavy atom. The number of aliphatic carboxylic acids is 1. The summed E-state index contributed by atoms with van der Waals surface area (Å²) >= 11 is 0. The van der Waals surface area contributed by atoms with Gasteiger partial charge >= 0.3 is 5.97 Å². The SMILES string of the molecule is CCCCCC1C=CC(CCCCCC(C(=O)O)C(O)C2C=CC3C(Cc4ccnc(N)c4)CC(Cc4cc(Cc5ccc(O)cc5)c[n-]4)C3(O)C2)C(O)C1. The van der Waals surface area contributed by atoms with Gasteiger partial charge in [-0.25, -0.2) is 4.98 Å². The zero-order valence-corrected chi connectivity index (χ0v) is 32.4. The van der Waals surface area contributed by atoms with Crippen molar-refractivity contribution in [3.63, 3.8) is 0 Å². The van der Waals surface area contributed by atoms with Crippen LogP contribution in [0.15, 0.2) is 79.2 Å². The van der Waals surface area contributed by atoms with Crippen LogP contribution in [0.25, 0.3) is 0 Å². The summed E-state index contributed by atoms with van der Waals surface area (Å²) in [6, 6.07) is 13.1. The molecular weight excluding hydrogens is 691 g/mol. The highest BCUT2D eigenvalue weighted by atomic mass is 16.4. The number of aliphatic hydroxyl groups is 3. The van der Waals surface area contributed by atoms with Crippen molar-refractivity contribution in [1.82, 2.24) is 9.97 Å². The molecule has 0 saturated heterocycles. The van der Waals surface area contributed by atoms with Gasteiger partial charge in [0.25, 0.3) is 0 Å². The zero-order valence-electron chi connectivity index (χ0n) is 32.4. The van der Waals surface area contributed by atoms with E-state index in [2.05, 4.69) is 30.1 Å². The number of aromatic nitrogens is 2. The summed E-state index contributed by atoms with van der Waals surface area (Å²) in [5.41, 5.74) is 8.96. The van der Waals surface area contributed by atoms with Crippen molar-refractivity contribution in [2.75, 3.05) is 5.73 Å². The highest BCUT2D eigenvalue weighted by molar-refractivity contribution is 5.70. The average Bonchev–Trinajstić information content (AvgIpc) is 3.71. The number of hydrogen-bond donors (Lipinski definition) is 6. The van der Waals surface area contributed by atoms with E-state index in [1.165, 1.54) is 19.3 Å². The minimum atomic E-state index is -1.15. The number of carbonyl (C=O) groups is 1. The number of allylic oxidation sites excluding steroid dienone is 1. The number of aromatic hydroxyl groups is 1. The lowest BCUT2D eigenvalue weighted by atomic mass is 9.68. The van der Waals surface area contributed by atoms with Crippen LogP contribution < -0.4 is 10.7 Å². The molecule has 0 radical (unpaired) electrons. The first-order valence-electron chi connectivity index (χ1n) is 20.8. The minimum absolute atomic E-state index is 0.123. The van der Waals surface area contributed by atoms with Gasteiger partial charge in [0.15, 0.2) is 0 Å². The zero-order chi connectivity index (χ0) is 39.0. The number of nitrogens with zero attached hydrogens (tertiary/aromatic N) is 2. The molecule has 7 N–H and O–H groups in total. The number of anilines is 1. The van der Waals surface area contributed by atoms with E-state index in [0.717, 1.165) is 67.3 Å². The number of phenols is 1. The van der Waals surface area contributed by atoms with Crippen LogP contribution in [0.4, 0.5) is 5.82 Å². The number of rotatable bonds is 19. The Labute approximate surface area is 326 Å². The smallest absolute Gasteiger partial charge is 0.309 e. The molecule has 0 aliphatic heterocycles. The molecule has 2 aromatic heterocycles. The maximum absolute atomic E-state index is 12.7. The number of unbranched alkanes of at least 4 members (excludes halogenated alkanes) is 4. The molecule has 2 heterocycles. The summed E-state index contributed by atoms with van der Waals surface area (Å²) in [6.07, 6.45) is 22.9. The fraction of sp³-hybridized carbons (Fsp3) is 0.565. The van der Waals surface area contributed by atoms with E-state index in [1.54, 1.807) is 18.3 Å². The van der Waals surface area contributed by atoms with Crippen molar-refractivity contribution >= 4 is 11.8 Å². The quantitative estimate of drug-likeness (QED) is 0.0539. The van der Waals surface area contributed by atoms with Gasteiger partial charge in [-0.3, -0.25) is 4.79 Å². The summed E-state index contributed by atoms with van der Waals surface area (Å²) in [4.78, 5) is 21.5. The maximum atomic E-state index is 12.7. The Hall–Kier alpha value is -3.92. The van der Waals surface area contributed by atoms with E-state index >= 15 is 0 Å². The van der Waals surface area contributed by atoms with E-state index in [9.17, 15) is 30.3 Å². The lowest BCUT2D eigenvalue weighted by Gasteiger charge is -2.43. The Bertz CT molecular complexity index is 1740. The average molecular weight is 753 g/mol. The summed E-state index contributed by atoms with van der Waals surface area (Å²) in [7, 11) is 0. The van der Waals surface area contributed by atoms with E-state index in [-0.39, 0.29) is 41.9 Å². The summed E-state index contributed by atoms with van der Waals surface area (Å²) < 4.78 is 0. The van der Waals surface area contributed by atoms with Crippen LogP contribution in [0.5, 0.6) is 5.75 Å². The molecule has 3 aliphatic carbocycles. The van der Waals surface area contributed by atoms with Crippen molar-refractivity contribution in [2.24, 2.45) is 41.4 Å². The van der Waals surface area contributed by atoms with Crippen LogP contribution >= 0.6 is 0 Å². The topological polar surface area (TPSA) is 171 Å². The number of fused-ring (bicyclic) bond motifs is 1. The van der Waals surface area contributed by atoms with Crippen molar-refractivity contribution in [2.45, 2.75) is 121 Å². The number of pyridine rings is 1. The first-order valence-corrected chi connectivity index (χ1v) is 20.8. The number of benzene rings is 1. The number of carboxylic acids is 1. The predicted octanol–water partition coefficient (Wildman–Crippen LogP) is 7.41. The molecule has 0 amide bonds. The number of aliphatic hydroxyl groups excluding tert-OH is 2. The van der Waals surface area contributed by atoms with Crippen molar-refractivity contribution in [3.05, 3.63) is 102 Å². The molecular formula is C46H62N3O6-. The van der Waals surface area contributed by atoms with Gasteiger partial charge in [-0.1, -0.05) is 93.5 Å². The lowest BCUT2D eigenvalue weighted by molar-refractivity contribution is -0.148. The summed E-state index contributed by atoms with van der Waals surface area (Å²) in [6.45, 7) is 2.21. The summed E-state index contributed by atoms with van der Waals surface area (Å²) in [5.74, 6) is -1.32. The number of hydrogen-bond acceptors (Lipinski definition) is 7. The van der Waals surface area contributed by atoms with Gasteiger partial charge in [0.05, 0.1) is 23.7 Å². The largest absolute Gasteiger partial charge is 0.667 e. The number of carboxylic acid groups (broad SMARTS) is 1. The van der Waals surface area contributed by atoms with E-state index in [1.807, 2.05) is 42.6 Å². The first kappa shape index (κ1) is 40.7. The fourth-order valence-corrected chi connectivity index (χ4v) is 9.94. The monoisotopic (exact) mass is 752 g/mol. The van der Waals surface area contributed by atoms with Gasteiger partial charge in [-0.15, -0.1) is 0 Å². The third-order valence-electron chi connectivity index (χ3n) is 13.0. The second-order valence-electron chi connectivity index (χ2n) is 17.0. The third kappa shape index (κ3) is 10.5. The normalized spacial score (nSPS) is 28.5. The molecule has 3 aromatic rings. The molecule has 0 spiro atoms. The molecule has 298 valence electrons. The Kier molecular flexibility index (Phi) is 13.9. The third-order valence-corrected chi connectivity index (χ3v) is 13.0. The maximum Gasteiger partial charge on any atom is 0.309 e. The molecule has 9 heteroatoms. The van der Waals surface area contributed by atoms with Crippen molar-refractivity contribution in [3.8, 4) is 5.75 Å². The molecule has 10 unspecified atom stereocenters.